The summed E-state index contributed by atoms with van der Waals surface area (Å²) in [5.74, 6) is 2.16. The van der Waals surface area contributed by atoms with Gasteiger partial charge in [-0.3, -0.25) is 0 Å². The van der Waals surface area contributed by atoms with Gasteiger partial charge in [-0.05, 0) is 61.6 Å². The van der Waals surface area contributed by atoms with Crippen LogP contribution >= 0.6 is 0 Å². The van der Waals surface area contributed by atoms with Crippen molar-refractivity contribution in [1.29, 1.82) is 5.26 Å². The fourth-order valence-corrected chi connectivity index (χ4v) is 4.69. The molecule has 0 aliphatic carbocycles. The number of benzene rings is 2. The fraction of sp³-hybridized carbons (Fsp3) is 0.500. The number of methoxy groups -OCH3 is 4. The summed E-state index contributed by atoms with van der Waals surface area (Å²) in [5, 5.41) is 10.4. The van der Waals surface area contributed by atoms with E-state index >= 15 is 0 Å². The Morgan fingerprint density at radius 1 is 0.974 bits per heavy atom. The molecule has 0 heterocycles. The van der Waals surface area contributed by atoms with Crippen LogP contribution in [-0.4, -0.2) is 64.9 Å². The highest BCUT2D eigenvalue weighted by molar-refractivity contribution is 5.80. The molecule has 0 aromatic heterocycles. The minimum absolute atomic E-state index is 0.0303. The van der Waals surface area contributed by atoms with E-state index in [2.05, 4.69) is 6.07 Å². The van der Waals surface area contributed by atoms with Gasteiger partial charge >= 0.3 is 5.97 Å². The molecule has 0 N–H and O–H groups in total. The zero-order valence-corrected chi connectivity index (χ0v) is 23.9. The molecule has 2 atom stereocenters. The van der Waals surface area contributed by atoms with E-state index in [1.54, 1.807) is 35.4 Å². The van der Waals surface area contributed by atoms with Gasteiger partial charge in [-0.1, -0.05) is 19.9 Å². The van der Waals surface area contributed by atoms with Crippen LogP contribution in [0.2, 0.25) is 0 Å². The van der Waals surface area contributed by atoms with Crippen LogP contribution in [0, 0.1) is 17.2 Å². The van der Waals surface area contributed by atoms with Crippen molar-refractivity contribution in [1.82, 2.24) is 0 Å². The average Bonchev–Trinajstić information content (AvgIpc) is 2.92. The smallest absolute Gasteiger partial charge is 0.375 e. The second-order valence-electron chi connectivity index (χ2n) is 9.38. The maximum absolute atomic E-state index is 13.0. The molecule has 0 aliphatic rings. The van der Waals surface area contributed by atoms with E-state index < -0.39 is 11.5 Å². The van der Waals surface area contributed by atoms with Crippen molar-refractivity contribution in [3.05, 3.63) is 47.5 Å². The number of carbonyl (C=O) groups excluding carboxylic acids is 1. The maximum Gasteiger partial charge on any atom is 0.375 e. The van der Waals surface area contributed by atoms with E-state index in [0.29, 0.717) is 48.9 Å². The molecule has 0 radical (unpaired) electrons. The van der Waals surface area contributed by atoms with Crippen LogP contribution in [0.25, 0.3) is 0 Å². The van der Waals surface area contributed by atoms with Gasteiger partial charge in [-0.15, -0.1) is 0 Å². The number of hydrogen-bond acceptors (Lipinski definition) is 7. The molecule has 0 saturated heterocycles. The number of rotatable bonds is 14. The summed E-state index contributed by atoms with van der Waals surface area (Å²) in [6.07, 6.45) is 3.60. The Bertz CT molecular complexity index is 1150. The topological polar surface area (TPSA) is 90.0 Å². The van der Waals surface area contributed by atoms with E-state index in [9.17, 15) is 10.1 Å². The normalized spacial score (nSPS) is 13.7. The lowest BCUT2D eigenvalue weighted by Gasteiger charge is -2.32. The van der Waals surface area contributed by atoms with Crippen molar-refractivity contribution >= 4 is 12.2 Å². The molecule has 38 heavy (non-hydrogen) atoms. The van der Waals surface area contributed by atoms with Crippen LogP contribution < -0.4 is 18.9 Å². The number of nitrogens with zero attached hydrogens (tertiary/aromatic N) is 2. The monoisotopic (exact) mass is 525 g/mol. The molecule has 0 fully saturated rings. The first-order chi connectivity index (χ1) is 18.2. The first-order valence-electron chi connectivity index (χ1n) is 12.8. The van der Waals surface area contributed by atoms with Crippen LogP contribution in [0.4, 0.5) is 0 Å². The first kappa shape index (κ1) is 30.5. The number of ether oxygens (including phenoxy) is 5. The van der Waals surface area contributed by atoms with Gasteiger partial charge in [0.15, 0.2) is 29.2 Å². The molecule has 0 spiro atoms. The minimum atomic E-state index is -0.760. The predicted octanol–water partition coefficient (Wildman–Crippen LogP) is 5.00. The molecule has 2 rings (SSSR count). The maximum atomic E-state index is 13.0. The number of esters is 1. The molecule has 8 nitrogen and oxygen atoms in total. The molecule has 206 valence electrons. The second-order valence-corrected chi connectivity index (χ2v) is 9.38. The molecular weight excluding hydrogens is 484 g/mol. The van der Waals surface area contributed by atoms with Crippen LogP contribution in [0.1, 0.15) is 51.2 Å². The van der Waals surface area contributed by atoms with Gasteiger partial charge in [0.05, 0.1) is 46.5 Å². The summed E-state index contributed by atoms with van der Waals surface area (Å²) >= 11 is 0. The number of hydrogen-bond donors (Lipinski definition) is 0. The van der Waals surface area contributed by atoms with Crippen molar-refractivity contribution < 1.29 is 33.1 Å². The van der Waals surface area contributed by atoms with Crippen LogP contribution in [0.3, 0.4) is 0 Å². The van der Waals surface area contributed by atoms with E-state index in [-0.39, 0.29) is 11.9 Å². The Morgan fingerprint density at radius 3 is 2.08 bits per heavy atom. The van der Waals surface area contributed by atoms with Gasteiger partial charge in [-0.2, -0.15) is 5.26 Å². The van der Waals surface area contributed by atoms with E-state index in [4.69, 9.17) is 23.7 Å². The molecule has 2 aromatic rings. The molecule has 0 aliphatic heterocycles. The Labute approximate surface area is 226 Å². The highest BCUT2D eigenvalue weighted by Gasteiger charge is 2.38. The molecular formula is C30H41N2O6+. The minimum Gasteiger partial charge on any atom is -0.493 e. The summed E-state index contributed by atoms with van der Waals surface area (Å²) in [5.41, 5.74) is 0.966. The number of likely N-dealkylation sites (N-methyl/N-ethyl adjacent to an activating group) is 1. The van der Waals surface area contributed by atoms with E-state index in [1.165, 1.54) is 0 Å². The Morgan fingerprint density at radius 2 is 1.55 bits per heavy atom. The zero-order valence-electron chi connectivity index (χ0n) is 23.9. The Balaban J connectivity index is 2.34. The highest BCUT2D eigenvalue weighted by atomic mass is 16.5. The van der Waals surface area contributed by atoms with E-state index in [1.807, 2.05) is 68.1 Å². The zero-order chi connectivity index (χ0) is 28.3. The highest BCUT2D eigenvalue weighted by Crippen LogP contribution is 2.41. The SMILES string of the molecule is CCOC(=O)C(CCCC(C#N)(c1ccc(OC)c(OC)c1)C(C)C)[N+](C)=Cc1ccc(OC)c(OC)c1. The quantitative estimate of drug-likeness (QED) is 0.195. The summed E-state index contributed by atoms with van der Waals surface area (Å²) in [6.45, 7) is 6.17. The third-order valence-electron chi connectivity index (χ3n) is 6.94. The van der Waals surface area contributed by atoms with Gasteiger partial charge in [0.1, 0.15) is 7.05 Å². The second kappa shape index (κ2) is 14.3. The van der Waals surface area contributed by atoms with Gasteiger partial charge < -0.3 is 23.7 Å². The van der Waals surface area contributed by atoms with Crippen molar-refractivity contribution in [3.8, 4) is 29.1 Å². The third-order valence-corrected chi connectivity index (χ3v) is 6.94. The van der Waals surface area contributed by atoms with Crippen LogP contribution in [0.15, 0.2) is 36.4 Å². The fourth-order valence-electron chi connectivity index (χ4n) is 4.69. The van der Waals surface area contributed by atoms with Gasteiger partial charge in [0.2, 0.25) is 6.04 Å². The van der Waals surface area contributed by atoms with Crippen LogP contribution in [0.5, 0.6) is 23.0 Å². The number of carbonyl (C=O) groups is 1. The predicted molar refractivity (Wildman–Crippen MR) is 147 cm³/mol. The van der Waals surface area contributed by atoms with E-state index in [0.717, 1.165) is 11.1 Å². The van der Waals surface area contributed by atoms with Gasteiger partial charge in [0.25, 0.3) is 0 Å². The summed E-state index contributed by atoms with van der Waals surface area (Å²) in [7, 11) is 8.20. The van der Waals surface area contributed by atoms with Crippen molar-refractivity contribution in [3.63, 3.8) is 0 Å². The largest absolute Gasteiger partial charge is 0.493 e. The average molecular weight is 526 g/mol. The third kappa shape index (κ3) is 6.97. The molecule has 0 amide bonds. The molecule has 2 aromatic carbocycles. The summed E-state index contributed by atoms with van der Waals surface area (Å²) in [4.78, 5) is 13.0. The number of nitriles is 1. The molecule has 0 bridgehead atoms. The lowest BCUT2D eigenvalue weighted by molar-refractivity contribution is -0.522. The molecule has 0 saturated carbocycles. The molecule has 8 heteroatoms. The van der Waals surface area contributed by atoms with Crippen molar-refractivity contribution in [2.45, 2.75) is 51.5 Å². The molecule has 2 unspecified atom stereocenters. The van der Waals surface area contributed by atoms with Gasteiger partial charge in [-0.25, -0.2) is 9.37 Å². The lowest BCUT2D eigenvalue weighted by Crippen LogP contribution is -2.36. The standard InChI is InChI=1S/C30H41N2O6/c1-9-38-29(33)24(32(4)19-22-12-14-25(34-5)27(17-22)36-7)11-10-16-30(20-31,21(2)3)23-13-15-26(35-6)28(18-23)37-8/h12-15,17-19,21,24H,9-11,16H2,1-8H3/q+1. The van der Waals surface area contributed by atoms with Crippen LogP contribution in [-0.2, 0) is 14.9 Å². The first-order valence-corrected chi connectivity index (χ1v) is 12.8. The summed E-state index contributed by atoms with van der Waals surface area (Å²) in [6, 6.07) is 13.3. The Hall–Kier alpha value is -3.73. The van der Waals surface area contributed by atoms with Crippen molar-refractivity contribution in [2.75, 3.05) is 42.1 Å². The summed E-state index contributed by atoms with van der Waals surface area (Å²) < 4.78 is 28.9. The lowest BCUT2D eigenvalue weighted by atomic mass is 9.69. The van der Waals surface area contributed by atoms with Gasteiger partial charge in [0, 0.05) is 12.0 Å². The van der Waals surface area contributed by atoms with Crippen molar-refractivity contribution in [2.24, 2.45) is 5.92 Å². The Kier molecular flexibility index (Phi) is 11.5.